The van der Waals surface area contributed by atoms with E-state index in [9.17, 15) is 0 Å². The summed E-state index contributed by atoms with van der Waals surface area (Å²) in [5, 5.41) is 4.52. The monoisotopic (exact) mass is 524 g/mol. The second kappa shape index (κ2) is 16.2. The van der Waals surface area contributed by atoms with Crippen LogP contribution in [0.4, 0.5) is 0 Å². The first-order valence-corrected chi connectivity index (χ1v) is 15.7. The second-order valence-electron chi connectivity index (χ2n) is 9.68. The van der Waals surface area contributed by atoms with Gasteiger partial charge in [0.15, 0.2) is 6.29 Å². The summed E-state index contributed by atoms with van der Waals surface area (Å²) in [6.45, 7) is 1.55. The van der Waals surface area contributed by atoms with Gasteiger partial charge in [0.1, 0.15) is 23.2 Å². The van der Waals surface area contributed by atoms with Gasteiger partial charge in [0, 0.05) is 0 Å². The Hall–Kier alpha value is -1.70. The van der Waals surface area contributed by atoms with Crippen molar-refractivity contribution in [3.8, 4) is 0 Å². The van der Waals surface area contributed by atoms with Crippen molar-refractivity contribution in [3.63, 3.8) is 0 Å². The lowest BCUT2D eigenvalue weighted by atomic mass is 10.1. The first kappa shape index (κ1) is 28.9. The minimum absolute atomic E-state index is 0. The Morgan fingerprint density at radius 3 is 1.28 bits per heavy atom. The Bertz CT molecular complexity index is 849. The summed E-state index contributed by atoms with van der Waals surface area (Å²) in [5.41, 5.74) is 0. The molecule has 194 valence electrons. The molecular weight excluding hydrogens is 483 g/mol. The van der Waals surface area contributed by atoms with E-state index in [1.165, 1.54) is 79.9 Å². The highest BCUT2D eigenvalue weighted by molar-refractivity contribution is 7.95. The summed E-state index contributed by atoms with van der Waals surface area (Å²) in [7, 11) is -1.66. The molecule has 1 heterocycles. The number of hydrogen-bond donors (Lipinski definition) is 0. The van der Waals surface area contributed by atoms with Crippen molar-refractivity contribution in [1.82, 2.24) is 0 Å². The van der Waals surface area contributed by atoms with E-state index >= 15 is 0 Å². The first-order valence-electron chi connectivity index (χ1n) is 13.7. The predicted octanol–water partition coefficient (Wildman–Crippen LogP) is 4.26. The molecule has 1 fully saturated rings. The standard InChI is InChI=1S/C32H42O2P.ClH/c1(2-4-6-17-25-32-33-26-27-34-32)3-5-7-18-28-35(29-19-11-8-12-20-29,30-21-13-9-14-22-30)31-23-15-10-16-24-31;/h8-16,19-24,32H,1-7,17-18,25-28H2;1H/q+1;/p-1. The van der Waals surface area contributed by atoms with Crippen LogP contribution in [0, 0.1) is 0 Å². The van der Waals surface area contributed by atoms with E-state index in [1.54, 1.807) is 0 Å². The number of benzene rings is 3. The molecule has 0 saturated carbocycles. The third-order valence-electron chi connectivity index (χ3n) is 7.22. The van der Waals surface area contributed by atoms with E-state index in [1.807, 2.05) is 0 Å². The van der Waals surface area contributed by atoms with Gasteiger partial charge in [0.2, 0.25) is 0 Å². The van der Waals surface area contributed by atoms with Crippen LogP contribution in [0.15, 0.2) is 91.0 Å². The lowest BCUT2D eigenvalue weighted by molar-refractivity contribution is -0.0480. The third kappa shape index (κ3) is 8.15. The van der Waals surface area contributed by atoms with Crippen LogP contribution in [0.5, 0.6) is 0 Å². The predicted molar refractivity (Wildman–Crippen MR) is 152 cm³/mol. The quantitative estimate of drug-likeness (QED) is 0.218. The van der Waals surface area contributed by atoms with Crippen LogP contribution >= 0.6 is 7.26 Å². The highest BCUT2D eigenvalue weighted by Crippen LogP contribution is 2.56. The van der Waals surface area contributed by atoms with E-state index in [4.69, 9.17) is 9.47 Å². The number of unbranched alkanes of at least 4 members (excludes halogenated alkanes) is 8. The van der Waals surface area contributed by atoms with Gasteiger partial charge in [0.05, 0.1) is 19.4 Å². The molecule has 2 nitrogen and oxygen atoms in total. The molecule has 1 saturated heterocycles. The molecular formula is C32H42ClO2P. The number of ether oxygens (including phenoxy) is 2. The highest BCUT2D eigenvalue weighted by Gasteiger charge is 2.44. The zero-order valence-electron chi connectivity index (χ0n) is 21.6. The van der Waals surface area contributed by atoms with Crippen molar-refractivity contribution in [3.05, 3.63) is 91.0 Å². The summed E-state index contributed by atoms with van der Waals surface area (Å²) >= 11 is 0. The maximum atomic E-state index is 5.52. The maximum Gasteiger partial charge on any atom is 0.157 e. The molecule has 0 aromatic heterocycles. The second-order valence-corrected chi connectivity index (χ2v) is 13.3. The van der Waals surface area contributed by atoms with Crippen LogP contribution in [0.25, 0.3) is 0 Å². The fraction of sp³-hybridized carbons (Fsp3) is 0.438. The number of rotatable bonds is 15. The lowest BCUT2D eigenvalue weighted by Crippen LogP contribution is -3.00. The van der Waals surface area contributed by atoms with Crippen molar-refractivity contribution in [2.45, 2.75) is 70.5 Å². The Morgan fingerprint density at radius 1 is 0.500 bits per heavy atom. The molecule has 0 amide bonds. The lowest BCUT2D eigenvalue weighted by Gasteiger charge is -2.27. The van der Waals surface area contributed by atoms with Crippen molar-refractivity contribution >= 4 is 23.2 Å². The van der Waals surface area contributed by atoms with Gasteiger partial charge in [-0.2, -0.15) is 0 Å². The molecule has 1 aliphatic heterocycles. The summed E-state index contributed by atoms with van der Waals surface area (Å²) in [5.74, 6) is 0. The third-order valence-corrected chi connectivity index (χ3v) is 11.7. The normalized spacial score (nSPS) is 14.0. The molecule has 0 atom stereocenters. The zero-order valence-corrected chi connectivity index (χ0v) is 23.2. The van der Waals surface area contributed by atoms with Crippen molar-refractivity contribution in [2.75, 3.05) is 19.4 Å². The average molecular weight is 525 g/mol. The van der Waals surface area contributed by atoms with Crippen molar-refractivity contribution in [2.24, 2.45) is 0 Å². The molecule has 36 heavy (non-hydrogen) atoms. The largest absolute Gasteiger partial charge is 1.00 e. The van der Waals surface area contributed by atoms with Crippen molar-refractivity contribution in [1.29, 1.82) is 0 Å². The van der Waals surface area contributed by atoms with Crippen LogP contribution < -0.4 is 28.3 Å². The topological polar surface area (TPSA) is 18.5 Å². The zero-order chi connectivity index (χ0) is 24.0. The molecule has 0 aliphatic carbocycles. The summed E-state index contributed by atoms with van der Waals surface area (Å²) < 4.78 is 11.0. The van der Waals surface area contributed by atoms with Gasteiger partial charge in [0.25, 0.3) is 0 Å². The summed E-state index contributed by atoms with van der Waals surface area (Å²) in [6.07, 6.45) is 14.3. The summed E-state index contributed by atoms with van der Waals surface area (Å²) in [6, 6.07) is 33.9. The van der Waals surface area contributed by atoms with E-state index in [0.29, 0.717) is 0 Å². The number of hydrogen-bond acceptors (Lipinski definition) is 2. The molecule has 0 spiro atoms. The Balaban J connectivity index is 0.00000361. The Kier molecular flexibility index (Phi) is 13.0. The molecule has 0 bridgehead atoms. The fourth-order valence-electron chi connectivity index (χ4n) is 5.35. The van der Waals surface area contributed by atoms with Gasteiger partial charge in [-0.05, 0) is 62.1 Å². The van der Waals surface area contributed by atoms with Gasteiger partial charge in [-0.25, -0.2) is 0 Å². The summed E-state index contributed by atoms with van der Waals surface area (Å²) in [4.78, 5) is 0. The smallest absolute Gasteiger partial charge is 0.157 e. The molecule has 0 radical (unpaired) electrons. The van der Waals surface area contributed by atoms with Crippen LogP contribution in [0.2, 0.25) is 0 Å². The van der Waals surface area contributed by atoms with Gasteiger partial charge < -0.3 is 21.9 Å². The van der Waals surface area contributed by atoms with Gasteiger partial charge in [-0.15, -0.1) is 0 Å². The van der Waals surface area contributed by atoms with Gasteiger partial charge in [-0.3, -0.25) is 0 Å². The van der Waals surface area contributed by atoms with E-state index in [-0.39, 0.29) is 18.7 Å². The Morgan fingerprint density at radius 2 is 0.861 bits per heavy atom. The highest BCUT2D eigenvalue weighted by atomic mass is 35.5. The molecule has 0 N–H and O–H groups in total. The molecule has 1 aliphatic rings. The SMILES string of the molecule is [Cl-].c1ccc([P+](CCCCCCCCCCCC2OCCO2)(c2ccccc2)c2ccccc2)cc1. The van der Waals surface area contributed by atoms with Gasteiger partial charge >= 0.3 is 0 Å². The minimum Gasteiger partial charge on any atom is -1.00 e. The maximum absolute atomic E-state index is 5.52. The molecule has 4 rings (SSSR count). The number of halogens is 1. The van der Waals surface area contributed by atoms with Crippen molar-refractivity contribution < 1.29 is 21.9 Å². The van der Waals surface area contributed by atoms with E-state index in [2.05, 4.69) is 91.0 Å². The van der Waals surface area contributed by atoms with Gasteiger partial charge in [-0.1, -0.05) is 93.1 Å². The first-order chi connectivity index (χ1) is 17.4. The molecule has 4 heteroatoms. The van der Waals surface area contributed by atoms with Crippen LogP contribution in [0.3, 0.4) is 0 Å². The van der Waals surface area contributed by atoms with E-state index in [0.717, 1.165) is 19.6 Å². The molecule has 3 aromatic carbocycles. The minimum atomic E-state index is -1.66. The van der Waals surface area contributed by atoms with Crippen LogP contribution in [-0.4, -0.2) is 25.7 Å². The molecule has 3 aromatic rings. The molecule has 0 unspecified atom stereocenters. The average Bonchev–Trinajstić information content (AvgIpc) is 3.45. The van der Waals surface area contributed by atoms with Crippen LogP contribution in [-0.2, 0) is 9.47 Å². The Labute approximate surface area is 225 Å². The van der Waals surface area contributed by atoms with E-state index < -0.39 is 7.26 Å². The fourth-order valence-corrected chi connectivity index (χ4v) is 9.76. The van der Waals surface area contributed by atoms with Crippen LogP contribution in [0.1, 0.15) is 64.2 Å².